The number of amides is 1. The summed E-state index contributed by atoms with van der Waals surface area (Å²) in [4.78, 5) is 12.9. The van der Waals surface area contributed by atoms with Gasteiger partial charge in [0.25, 0.3) is 0 Å². The average Bonchev–Trinajstić information content (AvgIpc) is 3.57. The van der Waals surface area contributed by atoms with Gasteiger partial charge >= 0.3 is 0 Å². The maximum atomic E-state index is 12.7. The van der Waals surface area contributed by atoms with E-state index in [0.29, 0.717) is 49.6 Å². The van der Waals surface area contributed by atoms with Crippen LogP contribution in [0.15, 0.2) is 47.0 Å². The molecule has 1 aliphatic heterocycles. The van der Waals surface area contributed by atoms with Crippen LogP contribution < -0.4 is 5.32 Å². The number of nitrogens with zero attached hydrogens (tertiary/aromatic N) is 4. The molecule has 4 rings (SSSR count). The lowest BCUT2D eigenvalue weighted by molar-refractivity contribution is -0.115. The minimum absolute atomic E-state index is 0.195. The van der Waals surface area contributed by atoms with Crippen molar-refractivity contribution in [2.75, 3.05) is 31.6 Å². The zero-order valence-electron chi connectivity index (χ0n) is 17.9. The molecule has 0 spiro atoms. The van der Waals surface area contributed by atoms with Crippen molar-refractivity contribution in [3.05, 3.63) is 42.7 Å². The van der Waals surface area contributed by atoms with Crippen LogP contribution in [0.25, 0.3) is 0 Å². The van der Waals surface area contributed by atoms with E-state index in [1.165, 1.54) is 28.2 Å². The van der Waals surface area contributed by atoms with Gasteiger partial charge in [0.15, 0.2) is 5.16 Å². The van der Waals surface area contributed by atoms with Crippen LogP contribution in [0.2, 0.25) is 0 Å². The summed E-state index contributed by atoms with van der Waals surface area (Å²) in [5, 5.41) is 11.7. The Morgan fingerprint density at radius 3 is 2.59 bits per heavy atom. The van der Waals surface area contributed by atoms with Crippen LogP contribution >= 0.6 is 11.8 Å². The molecule has 1 atom stereocenters. The number of anilines is 1. The predicted octanol–water partition coefficient (Wildman–Crippen LogP) is 2.48. The largest absolute Gasteiger partial charge is 0.379 e. The molecule has 9 nitrogen and oxygen atoms in total. The van der Waals surface area contributed by atoms with Gasteiger partial charge in [-0.15, -0.1) is 16.8 Å². The molecule has 2 aliphatic rings. The number of carbonyl (C=O) groups excluding carboxylic acids is 1. The van der Waals surface area contributed by atoms with E-state index in [0.717, 1.165) is 18.7 Å². The first kappa shape index (κ1) is 23.0. The van der Waals surface area contributed by atoms with Crippen molar-refractivity contribution in [1.82, 2.24) is 19.1 Å². The van der Waals surface area contributed by atoms with E-state index < -0.39 is 15.3 Å². The molecule has 1 amide bonds. The lowest BCUT2D eigenvalue weighted by Crippen LogP contribution is -2.40. The van der Waals surface area contributed by atoms with Gasteiger partial charge in [-0.1, -0.05) is 17.8 Å². The van der Waals surface area contributed by atoms with Crippen LogP contribution in [0.5, 0.6) is 0 Å². The minimum Gasteiger partial charge on any atom is -0.379 e. The molecule has 1 aromatic heterocycles. The van der Waals surface area contributed by atoms with Crippen molar-refractivity contribution in [2.24, 2.45) is 0 Å². The number of hydrogen-bond donors (Lipinski definition) is 1. The van der Waals surface area contributed by atoms with Crippen molar-refractivity contribution >= 4 is 33.4 Å². The highest BCUT2D eigenvalue weighted by molar-refractivity contribution is 8.00. The van der Waals surface area contributed by atoms with Gasteiger partial charge in [0, 0.05) is 31.2 Å². The van der Waals surface area contributed by atoms with Crippen LogP contribution in [0.4, 0.5) is 5.69 Å². The second-order valence-electron chi connectivity index (χ2n) is 7.80. The van der Waals surface area contributed by atoms with E-state index in [2.05, 4.69) is 22.1 Å². The summed E-state index contributed by atoms with van der Waals surface area (Å²) in [5.74, 6) is 1.21. The van der Waals surface area contributed by atoms with Crippen LogP contribution in [0.3, 0.4) is 0 Å². The fraction of sp³-hybridized carbons (Fsp3) is 0.476. The van der Waals surface area contributed by atoms with E-state index in [9.17, 15) is 13.2 Å². The Bertz CT molecular complexity index is 1070. The molecule has 0 bridgehead atoms. The molecule has 172 valence electrons. The number of allylic oxidation sites excluding steroid dienone is 1. The Morgan fingerprint density at radius 1 is 1.28 bits per heavy atom. The van der Waals surface area contributed by atoms with Crippen molar-refractivity contribution in [3.8, 4) is 0 Å². The topological polar surface area (TPSA) is 106 Å². The Kier molecular flexibility index (Phi) is 6.99. The van der Waals surface area contributed by atoms with E-state index in [4.69, 9.17) is 4.74 Å². The molecule has 11 heteroatoms. The van der Waals surface area contributed by atoms with Crippen LogP contribution in [-0.4, -0.2) is 64.9 Å². The molecule has 2 fully saturated rings. The van der Waals surface area contributed by atoms with Gasteiger partial charge in [-0.05, 0) is 44.0 Å². The summed E-state index contributed by atoms with van der Waals surface area (Å²) >= 11 is 1.34. The summed E-state index contributed by atoms with van der Waals surface area (Å²) in [5.41, 5.74) is 0.537. The Morgan fingerprint density at radius 2 is 1.97 bits per heavy atom. The first-order valence-electron chi connectivity index (χ1n) is 10.6. The van der Waals surface area contributed by atoms with E-state index in [-0.39, 0.29) is 10.8 Å². The summed E-state index contributed by atoms with van der Waals surface area (Å²) < 4.78 is 34.1. The zero-order valence-corrected chi connectivity index (χ0v) is 19.6. The molecule has 2 aromatic rings. The molecule has 1 saturated carbocycles. The Balaban J connectivity index is 1.39. The second-order valence-corrected chi connectivity index (χ2v) is 11.1. The number of benzene rings is 1. The number of morpholine rings is 1. The first-order chi connectivity index (χ1) is 15.4. The lowest BCUT2D eigenvalue weighted by Gasteiger charge is -2.26. The third-order valence-corrected chi connectivity index (χ3v) is 8.37. The van der Waals surface area contributed by atoms with Crippen molar-refractivity contribution < 1.29 is 17.9 Å². The summed E-state index contributed by atoms with van der Waals surface area (Å²) in [6.07, 6.45) is 4.04. The number of nitrogens with one attached hydrogen (secondary N) is 1. The van der Waals surface area contributed by atoms with Gasteiger partial charge < -0.3 is 14.6 Å². The SMILES string of the molecule is C=CCn1c(SC(C)C(=O)Nc2ccc(S(=O)(=O)N3CCOCC3)cc2)nnc1C1CC1. The highest BCUT2D eigenvalue weighted by atomic mass is 32.2. The number of rotatable bonds is 9. The summed E-state index contributed by atoms with van der Waals surface area (Å²) in [6, 6.07) is 6.24. The van der Waals surface area contributed by atoms with E-state index in [1.807, 2.05) is 4.57 Å². The van der Waals surface area contributed by atoms with Crippen LogP contribution in [-0.2, 0) is 26.1 Å². The molecular formula is C21H27N5O4S2. The zero-order chi connectivity index (χ0) is 22.7. The van der Waals surface area contributed by atoms with E-state index >= 15 is 0 Å². The quantitative estimate of drug-likeness (QED) is 0.437. The molecular weight excluding hydrogens is 450 g/mol. The maximum absolute atomic E-state index is 12.7. The Hall–Kier alpha value is -2.21. The van der Waals surface area contributed by atoms with Gasteiger partial charge in [-0.3, -0.25) is 4.79 Å². The predicted molar refractivity (Wildman–Crippen MR) is 122 cm³/mol. The van der Waals surface area contributed by atoms with Gasteiger partial charge in [-0.25, -0.2) is 8.42 Å². The molecule has 1 aromatic carbocycles. The maximum Gasteiger partial charge on any atom is 0.243 e. The third kappa shape index (κ3) is 5.06. The monoisotopic (exact) mass is 477 g/mol. The normalized spacial score (nSPS) is 18.3. The van der Waals surface area contributed by atoms with Gasteiger partial charge in [0.2, 0.25) is 15.9 Å². The van der Waals surface area contributed by atoms with Crippen molar-refractivity contribution in [1.29, 1.82) is 0 Å². The highest BCUT2D eigenvalue weighted by Gasteiger charge is 2.31. The summed E-state index contributed by atoms with van der Waals surface area (Å²) in [7, 11) is -3.56. The minimum atomic E-state index is -3.56. The molecule has 32 heavy (non-hydrogen) atoms. The molecule has 1 unspecified atom stereocenters. The first-order valence-corrected chi connectivity index (χ1v) is 12.9. The second kappa shape index (κ2) is 9.74. The van der Waals surface area contributed by atoms with Crippen LogP contribution in [0, 0.1) is 0 Å². The van der Waals surface area contributed by atoms with Crippen molar-refractivity contribution in [3.63, 3.8) is 0 Å². The number of thioether (sulfide) groups is 1. The fourth-order valence-corrected chi connectivity index (χ4v) is 5.71. The van der Waals surface area contributed by atoms with Gasteiger partial charge in [-0.2, -0.15) is 4.31 Å². The van der Waals surface area contributed by atoms with E-state index in [1.54, 1.807) is 25.1 Å². The molecule has 0 radical (unpaired) electrons. The standard InChI is InChI=1S/C21H27N5O4S2/c1-3-10-26-19(16-4-5-16)23-24-21(26)31-15(2)20(27)22-17-6-8-18(9-7-17)32(28,29)25-11-13-30-14-12-25/h3,6-9,15-16H,1,4-5,10-14H2,2H3,(H,22,27). The number of aromatic nitrogens is 3. The molecule has 1 N–H and O–H groups in total. The molecule has 1 saturated heterocycles. The van der Waals surface area contributed by atoms with Gasteiger partial charge in [0.1, 0.15) is 5.82 Å². The Labute approximate surface area is 192 Å². The molecule has 1 aliphatic carbocycles. The van der Waals surface area contributed by atoms with Crippen LogP contribution in [0.1, 0.15) is 31.5 Å². The number of sulfonamides is 1. The van der Waals surface area contributed by atoms with Gasteiger partial charge in [0.05, 0.1) is 23.4 Å². The highest BCUT2D eigenvalue weighted by Crippen LogP contribution is 2.40. The van der Waals surface area contributed by atoms with Crippen molar-refractivity contribution in [2.45, 2.75) is 47.5 Å². The third-order valence-electron chi connectivity index (χ3n) is 5.38. The number of hydrogen-bond acceptors (Lipinski definition) is 7. The number of carbonyl (C=O) groups is 1. The average molecular weight is 478 g/mol. The summed E-state index contributed by atoms with van der Waals surface area (Å²) in [6.45, 7) is 7.69. The fourth-order valence-electron chi connectivity index (χ4n) is 3.43. The molecule has 2 heterocycles. The lowest BCUT2D eigenvalue weighted by atomic mass is 10.3. The number of ether oxygens (including phenoxy) is 1. The smallest absolute Gasteiger partial charge is 0.243 e.